The first kappa shape index (κ1) is 32.7. The van der Waals surface area contributed by atoms with Crippen molar-refractivity contribution in [2.75, 3.05) is 27.3 Å². The van der Waals surface area contributed by atoms with Gasteiger partial charge in [0.2, 0.25) is 11.8 Å². The Morgan fingerprint density at radius 2 is 1.84 bits per heavy atom. The number of nitrogens with one attached hydrogen (secondary N) is 2. The van der Waals surface area contributed by atoms with Gasteiger partial charge in [0, 0.05) is 25.6 Å². The Labute approximate surface area is 256 Å². The largest absolute Gasteiger partial charge is 0.497 e. The zero-order chi connectivity index (χ0) is 30.8. The molecule has 0 saturated heterocycles. The molecule has 3 N–H and O–H groups in total. The number of β-amino-alcohol motifs (C(OH)–C–C–N with tert-alkyl or cyclic N) is 1. The molecule has 4 rings (SSSR count). The van der Waals surface area contributed by atoms with Crippen LogP contribution in [0.3, 0.4) is 0 Å². The zero-order valence-electron chi connectivity index (χ0n) is 26.1. The number of aliphatic hydroxyl groups is 1. The van der Waals surface area contributed by atoms with Crippen molar-refractivity contribution in [3.05, 3.63) is 77.4 Å². The van der Waals surface area contributed by atoms with Gasteiger partial charge in [-0.1, -0.05) is 75.2 Å². The number of benzene rings is 2. The monoisotopic (exact) mass is 591 g/mol. The maximum Gasteiger partial charge on any atom is 0.243 e. The number of amides is 2. The Kier molecular flexibility index (Phi) is 12.2. The molecule has 8 heteroatoms. The van der Waals surface area contributed by atoms with Crippen molar-refractivity contribution >= 4 is 11.8 Å². The number of carbonyl (C=O) groups is 2. The molecule has 2 bridgehead atoms. The fourth-order valence-corrected chi connectivity index (χ4v) is 6.37. The Hall–Kier alpha value is -3.20. The number of fused-ring (bicyclic) bond motifs is 5. The molecule has 2 aromatic carbocycles. The number of methoxy groups -OCH3 is 1. The van der Waals surface area contributed by atoms with Crippen LogP contribution >= 0.6 is 0 Å². The fraction of sp³-hybridized carbons (Fsp3) is 0.543. The molecule has 0 unspecified atom stereocenters. The van der Waals surface area contributed by atoms with Gasteiger partial charge >= 0.3 is 0 Å². The Balaban J connectivity index is 1.63. The molecule has 0 saturated carbocycles. The number of likely N-dealkylation sites (N-methyl/N-ethyl adjacent to an activating group) is 1. The summed E-state index contributed by atoms with van der Waals surface area (Å²) in [5.74, 6) is 0.401. The van der Waals surface area contributed by atoms with Crippen molar-refractivity contribution < 1.29 is 24.2 Å². The zero-order valence-corrected chi connectivity index (χ0v) is 26.1. The number of ether oxygens (including phenoxy) is 2. The molecule has 2 aliphatic rings. The van der Waals surface area contributed by atoms with E-state index in [1.807, 2.05) is 54.6 Å². The van der Waals surface area contributed by atoms with Gasteiger partial charge in [-0.15, -0.1) is 0 Å². The predicted octanol–water partition coefficient (Wildman–Crippen LogP) is 4.88. The van der Waals surface area contributed by atoms with Crippen molar-refractivity contribution in [2.45, 2.75) is 89.1 Å². The lowest BCUT2D eigenvalue weighted by molar-refractivity contribution is -0.142. The van der Waals surface area contributed by atoms with Crippen molar-refractivity contribution in [2.24, 2.45) is 5.92 Å². The first-order chi connectivity index (χ1) is 20.9. The highest BCUT2D eigenvalue weighted by molar-refractivity contribution is 5.88. The Morgan fingerprint density at radius 1 is 1.09 bits per heavy atom. The van der Waals surface area contributed by atoms with Crippen LogP contribution in [0, 0.1) is 5.92 Å². The van der Waals surface area contributed by atoms with Gasteiger partial charge in [0.25, 0.3) is 0 Å². The van der Waals surface area contributed by atoms with E-state index >= 15 is 0 Å². The molecule has 1 aliphatic heterocycles. The van der Waals surface area contributed by atoms with Gasteiger partial charge in [-0.3, -0.25) is 9.59 Å². The van der Waals surface area contributed by atoms with E-state index in [0.717, 1.165) is 54.5 Å². The number of nitrogens with zero attached hydrogens (tertiary/aromatic N) is 1. The van der Waals surface area contributed by atoms with Crippen molar-refractivity contribution in [1.82, 2.24) is 15.5 Å². The van der Waals surface area contributed by atoms with Crippen LogP contribution in [0.1, 0.15) is 81.2 Å². The van der Waals surface area contributed by atoms with Crippen LogP contribution in [0.4, 0.5) is 0 Å². The summed E-state index contributed by atoms with van der Waals surface area (Å²) in [6.07, 6.45) is 7.87. The average molecular weight is 592 g/mol. The molecular formula is C35H49N3O5. The summed E-state index contributed by atoms with van der Waals surface area (Å²) in [5, 5.41) is 18.2. The topological polar surface area (TPSA) is 100 Å². The highest BCUT2D eigenvalue weighted by atomic mass is 16.5. The van der Waals surface area contributed by atoms with Gasteiger partial charge in [0.05, 0.1) is 32.0 Å². The van der Waals surface area contributed by atoms with E-state index in [2.05, 4.69) is 30.5 Å². The number of hydrogen-bond acceptors (Lipinski definition) is 6. The smallest absolute Gasteiger partial charge is 0.243 e. The van der Waals surface area contributed by atoms with Gasteiger partial charge in [-0.05, 0) is 60.9 Å². The van der Waals surface area contributed by atoms with E-state index in [-0.39, 0.29) is 36.4 Å². The number of carbonyl (C=O) groups excluding carboxylic acids is 2. The summed E-state index contributed by atoms with van der Waals surface area (Å²) in [6, 6.07) is 14.6. The molecule has 1 aliphatic carbocycles. The highest BCUT2D eigenvalue weighted by Gasteiger charge is 2.35. The summed E-state index contributed by atoms with van der Waals surface area (Å²) in [4.78, 5) is 29.1. The molecule has 2 aromatic rings. The fourth-order valence-electron chi connectivity index (χ4n) is 6.37. The van der Waals surface area contributed by atoms with Gasteiger partial charge in [-0.2, -0.15) is 0 Å². The van der Waals surface area contributed by atoms with Gasteiger partial charge < -0.3 is 30.1 Å². The first-order valence-electron chi connectivity index (χ1n) is 15.8. The Morgan fingerprint density at radius 3 is 2.53 bits per heavy atom. The quantitative estimate of drug-likeness (QED) is 0.360. The van der Waals surface area contributed by atoms with Gasteiger partial charge in [0.15, 0.2) is 0 Å². The molecule has 0 aromatic heterocycles. The Bertz CT molecular complexity index is 1210. The maximum absolute atomic E-state index is 13.9. The summed E-state index contributed by atoms with van der Waals surface area (Å²) >= 11 is 0. The third kappa shape index (κ3) is 8.46. The van der Waals surface area contributed by atoms with Crippen LogP contribution in [0.25, 0.3) is 0 Å². The lowest BCUT2D eigenvalue weighted by atomic mass is 9.95. The molecule has 8 nitrogen and oxygen atoms in total. The van der Waals surface area contributed by atoms with Gasteiger partial charge in [-0.25, -0.2) is 0 Å². The summed E-state index contributed by atoms with van der Waals surface area (Å²) in [5.41, 5.74) is 3.23. The molecule has 0 spiro atoms. The van der Waals surface area contributed by atoms with Crippen molar-refractivity contribution in [3.8, 4) is 5.75 Å². The lowest BCUT2D eigenvalue weighted by Crippen LogP contribution is -2.55. The molecule has 0 radical (unpaired) electrons. The normalized spacial score (nSPS) is 24.5. The lowest BCUT2D eigenvalue weighted by Gasteiger charge is -2.33. The number of aliphatic hydroxyl groups excluding tert-OH is 1. The third-order valence-electron chi connectivity index (χ3n) is 8.79. The van der Waals surface area contributed by atoms with Crippen LogP contribution < -0.4 is 15.4 Å². The second kappa shape index (κ2) is 16.0. The minimum Gasteiger partial charge on any atom is -0.497 e. The average Bonchev–Trinajstić information content (AvgIpc) is 3.36. The molecule has 43 heavy (non-hydrogen) atoms. The summed E-state index contributed by atoms with van der Waals surface area (Å²) in [6.45, 7) is 4.84. The second-order valence-corrected chi connectivity index (χ2v) is 11.8. The number of hydrogen-bond donors (Lipinski definition) is 3. The standard InChI is InChI=1S/C35H49N3O5/c1-5-12-25(13-6-2)35(41)38(3)31-16-10-11-19-43-33-22-29(28-21-26(42-4)17-18-27(28)33)36-23-32(39)30(37-34(31)40)20-24-14-8-7-9-15-24/h7-11,14-15,17-18,21,25,29-33,36,39H,5-6,12-13,16,19-20,22-23H2,1-4H3,(H,37,40)/t29-,30-,31-,32+,33+/m0/s1. The van der Waals surface area contributed by atoms with E-state index in [4.69, 9.17) is 9.47 Å². The van der Waals surface area contributed by atoms with E-state index in [1.54, 1.807) is 19.1 Å². The first-order valence-corrected chi connectivity index (χ1v) is 15.8. The van der Waals surface area contributed by atoms with Crippen molar-refractivity contribution in [3.63, 3.8) is 0 Å². The summed E-state index contributed by atoms with van der Waals surface area (Å²) < 4.78 is 11.8. The second-order valence-electron chi connectivity index (χ2n) is 11.8. The predicted molar refractivity (Wildman–Crippen MR) is 169 cm³/mol. The van der Waals surface area contributed by atoms with E-state index in [0.29, 0.717) is 19.4 Å². The van der Waals surface area contributed by atoms with Gasteiger partial charge in [0.1, 0.15) is 11.8 Å². The SMILES string of the molecule is CCCC(CCC)C(=O)N(C)[C@H]1CC=CCO[C@@H]2C[C@H](NC[C@@H](O)[C@H](Cc3ccccc3)NC1=O)c1cc(OC)ccc12. The number of rotatable bonds is 9. The summed E-state index contributed by atoms with van der Waals surface area (Å²) in [7, 11) is 3.39. The molecule has 5 atom stereocenters. The van der Waals surface area contributed by atoms with Crippen LogP contribution in [0.2, 0.25) is 0 Å². The third-order valence-corrected chi connectivity index (χ3v) is 8.79. The highest BCUT2D eigenvalue weighted by Crippen LogP contribution is 2.42. The molecule has 1 heterocycles. The molecule has 234 valence electrons. The molecule has 0 fully saturated rings. The van der Waals surface area contributed by atoms with E-state index in [1.165, 1.54) is 0 Å². The van der Waals surface area contributed by atoms with Crippen LogP contribution in [0.15, 0.2) is 60.7 Å². The van der Waals surface area contributed by atoms with E-state index < -0.39 is 18.2 Å². The minimum atomic E-state index is -0.867. The molecule has 2 amide bonds. The minimum absolute atomic E-state index is 0.00224. The molecular weight excluding hydrogens is 542 g/mol. The van der Waals surface area contributed by atoms with Crippen molar-refractivity contribution in [1.29, 1.82) is 0 Å². The van der Waals surface area contributed by atoms with Crippen LogP contribution in [-0.4, -0.2) is 67.3 Å². The van der Waals surface area contributed by atoms with Crippen LogP contribution in [0.5, 0.6) is 5.75 Å². The maximum atomic E-state index is 13.9. The van der Waals surface area contributed by atoms with Crippen LogP contribution in [-0.2, 0) is 20.7 Å². The van der Waals surface area contributed by atoms with E-state index in [9.17, 15) is 14.7 Å².